The van der Waals surface area contributed by atoms with Crippen LogP contribution in [0, 0.1) is 6.92 Å². The quantitative estimate of drug-likeness (QED) is 0.789. The predicted octanol–water partition coefficient (Wildman–Crippen LogP) is 1.97. The highest BCUT2D eigenvalue weighted by Crippen LogP contribution is 2.19. The molecule has 4 heteroatoms. The number of benzene rings is 1. The number of halogens is 1. The van der Waals surface area contributed by atoms with E-state index in [1.807, 2.05) is 6.92 Å². The lowest BCUT2D eigenvalue weighted by molar-refractivity contribution is -0.123. The van der Waals surface area contributed by atoms with Crippen LogP contribution in [0.2, 0.25) is 5.02 Å². The summed E-state index contributed by atoms with van der Waals surface area (Å²) in [4.78, 5) is 11.2. The van der Waals surface area contributed by atoms with Gasteiger partial charge in [-0.1, -0.05) is 11.6 Å². The minimum absolute atomic E-state index is 0.421. The van der Waals surface area contributed by atoms with Gasteiger partial charge in [-0.3, -0.25) is 4.79 Å². The summed E-state index contributed by atoms with van der Waals surface area (Å²) >= 11 is 5.75. The molecule has 0 bridgehead atoms. The third-order valence-electron chi connectivity index (χ3n) is 1.83. The molecule has 1 aromatic rings. The van der Waals surface area contributed by atoms with Crippen LogP contribution in [0.25, 0.3) is 0 Å². The lowest BCUT2D eigenvalue weighted by Gasteiger charge is -2.09. The Morgan fingerprint density at radius 3 is 2.71 bits per heavy atom. The molecule has 3 nitrogen and oxygen atoms in total. The van der Waals surface area contributed by atoms with Gasteiger partial charge in [-0.2, -0.15) is 0 Å². The van der Waals surface area contributed by atoms with Gasteiger partial charge in [0.05, 0.1) is 0 Å². The first kappa shape index (κ1) is 11.0. The van der Waals surface area contributed by atoms with E-state index in [1.165, 1.54) is 6.92 Å². The molecule has 0 saturated heterocycles. The SMILES string of the molecule is Cc1cc(Cl)ccc1NC(=O)C(C)O. The van der Waals surface area contributed by atoms with E-state index in [-0.39, 0.29) is 0 Å². The van der Waals surface area contributed by atoms with Crippen molar-refractivity contribution in [2.24, 2.45) is 0 Å². The average molecular weight is 214 g/mol. The van der Waals surface area contributed by atoms with Gasteiger partial charge >= 0.3 is 0 Å². The minimum atomic E-state index is -1.01. The highest BCUT2D eigenvalue weighted by atomic mass is 35.5. The largest absolute Gasteiger partial charge is 0.384 e. The maximum Gasteiger partial charge on any atom is 0.252 e. The van der Waals surface area contributed by atoms with Gasteiger partial charge in [0, 0.05) is 10.7 Å². The first-order chi connectivity index (χ1) is 6.50. The van der Waals surface area contributed by atoms with Gasteiger partial charge < -0.3 is 10.4 Å². The van der Waals surface area contributed by atoms with Crippen LogP contribution < -0.4 is 5.32 Å². The second kappa shape index (κ2) is 4.44. The van der Waals surface area contributed by atoms with Gasteiger partial charge in [-0.15, -0.1) is 0 Å². The first-order valence-electron chi connectivity index (χ1n) is 4.26. The van der Waals surface area contributed by atoms with Crippen LogP contribution in [0.4, 0.5) is 5.69 Å². The molecule has 2 N–H and O–H groups in total. The predicted molar refractivity (Wildman–Crippen MR) is 56.5 cm³/mol. The number of rotatable bonds is 2. The van der Waals surface area contributed by atoms with E-state index in [0.717, 1.165) is 5.56 Å². The highest BCUT2D eigenvalue weighted by Gasteiger charge is 2.09. The fraction of sp³-hybridized carbons (Fsp3) is 0.300. The molecule has 14 heavy (non-hydrogen) atoms. The Balaban J connectivity index is 2.82. The minimum Gasteiger partial charge on any atom is -0.384 e. The van der Waals surface area contributed by atoms with Crippen molar-refractivity contribution in [2.45, 2.75) is 20.0 Å². The Kier molecular flexibility index (Phi) is 3.49. The zero-order chi connectivity index (χ0) is 10.7. The zero-order valence-corrected chi connectivity index (χ0v) is 8.80. The topological polar surface area (TPSA) is 49.3 Å². The molecule has 1 aromatic carbocycles. The van der Waals surface area contributed by atoms with Crippen LogP contribution in [0.15, 0.2) is 18.2 Å². The molecule has 1 amide bonds. The third-order valence-corrected chi connectivity index (χ3v) is 2.06. The molecule has 0 fully saturated rings. The fourth-order valence-corrected chi connectivity index (χ4v) is 1.23. The van der Waals surface area contributed by atoms with E-state index < -0.39 is 12.0 Å². The van der Waals surface area contributed by atoms with Gasteiger partial charge in [0.15, 0.2) is 0 Å². The summed E-state index contributed by atoms with van der Waals surface area (Å²) in [7, 11) is 0. The standard InChI is InChI=1S/C10H12ClNO2/c1-6-5-8(11)3-4-9(6)12-10(14)7(2)13/h3-5,7,13H,1-2H3,(H,12,14). The van der Waals surface area contributed by atoms with Gasteiger partial charge in [0.25, 0.3) is 5.91 Å². The number of carbonyl (C=O) groups is 1. The maximum absolute atomic E-state index is 11.2. The van der Waals surface area contributed by atoms with Gasteiger partial charge in [-0.25, -0.2) is 0 Å². The Labute approximate surface area is 87.7 Å². The van der Waals surface area contributed by atoms with Crippen LogP contribution in [0.5, 0.6) is 0 Å². The van der Waals surface area contributed by atoms with Crippen LogP contribution in [0.3, 0.4) is 0 Å². The molecule has 1 rings (SSSR count). The summed E-state index contributed by atoms with van der Waals surface area (Å²) in [6.07, 6.45) is -1.01. The first-order valence-corrected chi connectivity index (χ1v) is 4.63. The number of aliphatic hydroxyl groups is 1. The molecule has 0 saturated carbocycles. The molecule has 1 atom stereocenters. The highest BCUT2D eigenvalue weighted by molar-refractivity contribution is 6.30. The lowest BCUT2D eigenvalue weighted by Crippen LogP contribution is -2.24. The number of nitrogens with one attached hydrogen (secondary N) is 1. The molecule has 1 unspecified atom stereocenters. The number of hydrogen-bond acceptors (Lipinski definition) is 2. The van der Waals surface area contributed by atoms with Crippen molar-refractivity contribution in [3.05, 3.63) is 28.8 Å². The average Bonchev–Trinajstić information content (AvgIpc) is 2.09. The lowest BCUT2D eigenvalue weighted by atomic mass is 10.2. The van der Waals surface area contributed by atoms with E-state index in [0.29, 0.717) is 10.7 Å². The molecule has 0 aliphatic rings. The molecule has 0 aliphatic carbocycles. The Hall–Kier alpha value is -1.06. The second-order valence-electron chi connectivity index (χ2n) is 3.12. The van der Waals surface area contributed by atoms with E-state index in [1.54, 1.807) is 18.2 Å². The van der Waals surface area contributed by atoms with Crippen LogP contribution in [-0.4, -0.2) is 17.1 Å². The molecule has 0 aliphatic heterocycles. The van der Waals surface area contributed by atoms with Crippen LogP contribution in [-0.2, 0) is 4.79 Å². The van der Waals surface area contributed by atoms with Gasteiger partial charge in [-0.05, 0) is 37.6 Å². The van der Waals surface area contributed by atoms with E-state index >= 15 is 0 Å². The van der Waals surface area contributed by atoms with Crippen molar-refractivity contribution in [3.8, 4) is 0 Å². The van der Waals surface area contributed by atoms with Crippen molar-refractivity contribution < 1.29 is 9.90 Å². The van der Waals surface area contributed by atoms with E-state index in [9.17, 15) is 4.79 Å². The van der Waals surface area contributed by atoms with Crippen molar-refractivity contribution in [2.75, 3.05) is 5.32 Å². The number of anilines is 1. The van der Waals surface area contributed by atoms with E-state index in [4.69, 9.17) is 16.7 Å². The Bertz CT molecular complexity index is 350. The smallest absolute Gasteiger partial charge is 0.252 e. The van der Waals surface area contributed by atoms with Crippen molar-refractivity contribution in [1.82, 2.24) is 0 Å². The molecule has 76 valence electrons. The Morgan fingerprint density at radius 2 is 2.21 bits per heavy atom. The zero-order valence-electron chi connectivity index (χ0n) is 8.04. The third kappa shape index (κ3) is 2.72. The number of aliphatic hydroxyl groups excluding tert-OH is 1. The number of amides is 1. The number of aryl methyl sites for hydroxylation is 1. The fourth-order valence-electron chi connectivity index (χ4n) is 1.00. The van der Waals surface area contributed by atoms with Crippen LogP contribution >= 0.6 is 11.6 Å². The molecule has 0 aromatic heterocycles. The number of hydrogen-bond donors (Lipinski definition) is 2. The van der Waals surface area contributed by atoms with Crippen molar-refractivity contribution >= 4 is 23.2 Å². The van der Waals surface area contributed by atoms with E-state index in [2.05, 4.69) is 5.32 Å². The molecule has 0 spiro atoms. The Morgan fingerprint density at radius 1 is 1.57 bits per heavy atom. The van der Waals surface area contributed by atoms with Crippen molar-refractivity contribution in [1.29, 1.82) is 0 Å². The van der Waals surface area contributed by atoms with Gasteiger partial charge in [0.1, 0.15) is 6.10 Å². The summed E-state index contributed by atoms with van der Waals surface area (Å²) in [5, 5.41) is 12.2. The molecular weight excluding hydrogens is 202 g/mol. The monoisotopic (exact) mass is 213 g/mol. The second-order valence-corrected chi connectivity index (χ2v) is 3.56. The van der Waals surface area contributed by atoms with Crippen molar-refractivity contribution in [3.63, 3.8) is 0 Å². The molecule has 0 radical (unpaired) electrons. The summed E-state index contributed by atoms with van der Waals surface area (Å²) in [5.41, 5.74) is 1.53. The summed E-state index contributed by atoms with van der Waals surface area (Å²) in [6.45, 7) is 3.25. The summed E-state index contributed by atoms with van der Waals surface area (Å²) in [6, 6.07) is 5.14. The normalized spacial score (nSPS) is 12.3. The van der Waals surface area contributed by atoms with Crippen LogP contribution in [0.1, 0.15) is 12.5 Å². The van der Waals surface area contributed by atoms with Gasteiger partial charge in [0.2, 0.25) is 0 Å². The molecular formula is C10H12ClNO2. The molecule has 0 heterocycles. The maximum atomic E-state index is 11.2. The summed E-state index contributed by atoms with van der Waals surface area (Å²) < 4.78 is 0. The summed E-state index contributed by atoms with van der Waals surface area (Å²) in [5.74, 6) is -0.421. The number of carbonyl (C=O) groups excluding carboxylic acids is 1.